The van der Waals surface area contributed by atoms with Crippen LogP contribution in [0, 0.1) is 18.2 Å². The van der Waals surface area contributed by atoms with Crippen molar-refractivity contribution in [2.45, 2.75) is 38.7 Å². The number of carbonyl (C=O) groups excluding carboxylic acids is 2. The molecule has 1 aromatic rings. The molecule has 0 aromatic heterocycles. The van der Waals surface area contributed by atoms with Crippen molar-refractivity contribution in [2.24, 2.45) is 0 Å². The summed E-state index contributed by atoms with van der Waals surface area (Å²) in [4.78, 5) is 52.1. The van der Waals surface area contributed by atoms with E-state index in [0.29, 0.717) is 24.0 Å². The van der Waals surface area contributed by atoms with Crippen LogP contribution in [-0.4, -0.2) is 51.6 Å². The number of hydrogen-bond donors (Lipinski definition) is 4. The fraction of sp³-hybridized carbons (Fsp3) is 0.381. The lowest BCUT2D eigenvalue weighted by molar-refractivity contribution is -0.136. The number of carboxylic acids is 1. The third-order valence-electron chi connectivity index (χ3n) is 4.77. The molecule has 1 atom stereocenters. The van der Waals surface area contributed by atoms with Gasteiger partial charge in [-0.15, -0.1) is 6.42 Å². The van der Waals surface area contributed by atoms with Gasteiger partial charge in [0.1, 0.15) is 11.6 Å². The van der Waals surface area contributed by atoms with E-state index in [9.17, 15) is 23.3 Å². The minimum Gasteiger partial charge on any atom is -0.480 e. The molecule has 13 heteroatoms. The van der Waals surface area contributed by atoms with Crippen molar-refractivity contribution in [2.75, 3.05) is 17.7 Å². The summed E-state index contributed by atoms with van der Waals surface area (Å²) in [6.45, 7) is 1.19. The monoisotopic (exact) mass is 516 g/mol. The molecule has 2 aliphatic rings. The number of nitrogens with one attached hydrogen (secondary N) is 1. The topological polar surface area (TPSA) is 153 Å². The highest BCUT2D eigenvalue weighted by atomic mass is 35.5. The molecule has 184 valence electrons. The number of amides is 2. The van der Waals surface area contributed by atoms with Gasteiger partial charge in [0.2, 0.25) is 0 Å². The number of terminal acetylenes is 1. The highest BCUT2D eigenvalue weighted by molar-refractivity contribution is 7.51. The average molecular weight is 517 g/mol. The second-order valence-corrected chi connectivity index (χ2v) is 9.47. The number of imide groups is 1. The predicted octanol–water partition coefficient (Wildman–Crippen LogP) is 2.42. The molecule has 4 N–H and O–H groups in total. The van der Waals surface area contributed by atoms with Crippen LogP contribution in [0.15, 0.2) is 23.3 Å². The number of halogens is 2. The highest BCUT2D eigenvalue weighted by Gasteiger charge is 2.41. The van der Waals surface area contributed by atoms with E-state index in [0.717, 1.165) is 23.8 Å². The van der Waals surface area contributed by atoms with Crippen molar-refractivity contribution in [3.8, 4) is 18.1 Å². The lowest BCUT2D eigenvalue weighted by atomic mass is 9.93. The van der Waals surface area contributed by atoms with Crippen LogP contribution < -0.4 is 15.0 Å². The molecule has 2 amide bonds. The van der Waals surface area contributed by atoms with Gasteiger partial charge in [-0.1, -0.05) is 17.5 Å². The van der Waals surface area contributed by atoms with Crippen LogP contribution in [0.1, 0.15) is 32.6 Å². The Balaban J connectivity index is 0.000000347. The number of benzene rings is 1. The van der Waals surface area contributed by atoms with Crippen molar-refractivity contribution in [3.05, 3.63) is 34.1 Å². The number of rotatable bonds is 7. The molecular formula is C21H23ClFN2O8P. The number of carboxylic acid groups (broad SMARTS) is 1. The second kappa shape index (κ2) is 11.6. The second-order valence-electron chi connectivity index (χ2n) is 7.41. The summed E-state index contributed by atoms with van der Waals surface area (Å²) in [7, 11) is -4.10. The van der Waals surface area contributed by atoms with Crippen molar-refractivity contribution in [1.82, 2.24) is 5.32 Å². The van der Waals surface area contributed by atoms with Gasteiger partial charge in [0.05, 0.1) is 23.5 Å². The zero-order valence-corrected chi connectivity index (χ0v) is 19.7. The van der Waals surface area contributed by atoms with Gasteiger partial charge in [-0.25, -0.2) is 9.29 Å². The van der Waals surface area contributed by atoms with Gasteiger partial charge in [-0.05, 0) is 38.7 Å². The third kappa shape index (κ3) is 7.13. The molecule has 1 aliphatic carbocycles. The first-order valence-corrected chi connectivity index (χ1v) is 12.2. The molecule has 0 bridgehead atoms. The summed E-state index contributed by atoms with van der Waals surface area (Å²) in [6, 6.07) is 2.27. The number of hydrogen-bond acceptors (Lipinski definition) is 6. The van der Waals surface area contributed by atoms with E-state index in [1.54, 1.807) is 6.92 Å². The first-order valence-electron chi connectivity index (χ1n) is 10.1. The van der Waals surface area contributed by atoms with Crippen molar-refractivity contribution in [3.63, 3.8) is 0 Å². The van der Waals surface area contributed by atoms with Gasteiger partial charge in [0.15, 0.2) is 6.10 Å². The zero-order chi connectivity index (χ0) is 25.6. The van der Waals surface area contributed by atoms with E-state index in [2.05, 4.69) is 11.2 Å². The van der Waals surface area contributed by atoms with Crippen LogP contribution >= 0.6 is 19.2 Å². The van der Waals surface area contributed by atoms with E-state index in [4.69, 9.17) is 37.7 Å². The Morgan fingerprint density at radius 1 is 1.29 bits per heavy atom. The molecule has 1 aliphatic heterocycles. The maximum atomic E-state index is 14.4. The summed E-state index contributed by atoms with van der Waals surface area (Å²) >= 11 is 5.97. The van der Waals surface area contributed by atoms with Crippen molar-refractivity contribution < 1.29 is 43.0 Å². The van der Waals surface area contributed by atoms with Crippen LogP contribution in [0.3, 0.4) is 0 Å². The van der Waals surface area contributed by atoms with Crippen LogP contribution in [0.2, 0.25) is 5.02 Å². The standard InChI is InChI=1S/C18H15ClFNO3.C3H8NO5P/c1-3-10(2)24-16-9-15(14(20)8-13(16)19)21-17(22)11-6-4-5-7-12(11)18(21)23;5-3(6)1-4-2-10(7,8)9/h1,8-10H,4-7H2,2H3;4H,1-2H2,(H,5,6)(H2,7,8,9). The number of anilines is 1. The summed E-state index contributed by atoms with van der Waals surface area (Å²) in [6.07, 6.45) is 6.87. The van der Waals surface area contributed by atoms with E-state index >= 15 is 0 Å². The van der Waals surface area contributed by atoms with Gasteiger partial charge in [-0.2, -0.15) is 0 Å². The molecule has 0 saturated heterocycles. The Morgan fingerprint density at radius 2 is 1.85 bits per heavy atom. The molecule has 1 aromatic carbocycles. The molecule has 34 heavy (non-hydrogen) atoms. The average Bonchev–Trinajstić information content (AvgIpc) is 3.00. The van der Waals surface area contributed by atoms with Crippen LogP contribution in [-0.2, 0) is 18.9 Å². The Morgan fingerprint density at radius 3 is 2.32 bits per heavy atom. The van der Waals surface area contributed by atoms with E-state index in [1.165, 1.54) is 6.07 Å². The summed E-state index contributed by atoms with van der Waals surface area (Å²) < 4.78 is 29.9. The van der Waals surface area contributed by atoms with Crippen LogP contribution in [0.5, 0.6) is 5.75 Å². The smallest absolute Gasteiger partial charge is 0.339 e. The number of aliphatic carboxylic acids is 1. The Bertz CT molecular complexity index is 1080. The van der Waals surface area contributed by atoms with Gasteiger partial charge in [0.25, 0.3) is 11.8 Å². The van der Waals surface area contributed by atoms with Crippen molar-refractivity contribution >= 4 is 42.7 Å². The SMILES string of the molecule is C#CC(C)Oc1cc(N2C(=O)C3=C(CCCC3)C2=O)c(F)cc1Cl.O=C(O)CNCP(=O)(O)O. The largest absolute Gasteiger partial charge is 0.480 e. The van der Waals surface area contributed by atoms with E-state index < -0.39 is 50.1 Å². The maximum Gasteiger partial charge on any atom is 0.339 e. The molecule has 1 unspecified atom stereocenters. The fourth-order valence-corrected chi connectivity index (χ4v) is 3.87. The van der Waals surface area contributed by atoms with Crippen LogP contribution in [0.4, 0.5) is 10.1 Å². The summed E-state index contributed by atoms with van der Waals surface area (Å²) in [5.74, 6) is -0.338. The minimum atomic E-state index is -4.10. The van der Waals surface area contributed by atoms with Crippen LogP contribution in [0.25, 0.3) is 0 Å². The first-order chi connectivity index (χ1) is 15.9. The lowest BCUT2D eigenvalue weighted by Crippen LogP contribution is -2.32. The highest BCUT2D eigenvalue weighted by Crippen LogP contribution is 2.39. The number of nitrogens with zero attached hydrogens (tertiary/aromatic N) is 1. The normalized spacial score (nSPS) is 16.4. The molecule has 0 fully saturated rings. The molecule has 10 nitrogen and oxygen atoms in total. The quantitative estimate of drug-likeness (QED) is 0.243. The Labute approximate surface area is 199 Å². The molecule has 1 heterocycles. The van der Waals surface area contributed by atoms with Gasteiger partial charge >= 0.3 is 13.6 Å². The van der Waals surface area contributed by atoms with E-state index in [1.807, 2.05) is 0 Å². The lowest BCUT2D eigenvalue weighted by Gasteiger charge is -2.19. The van der Waals surface area contributed by atoms with Crippen molar-refractivity contribution in [1.29, 1.82) is 0 Å². The zero-order valence-electron chi connectivity index (χ0n) is 18.1. The molecule has 0 saturated carbocycles. The predicted molar refractivity (Wildman–Crippen MR) is 121 cm³/mol. The summed E-state index contributed by atoms with van der Waals surface area (Å²) in [5, 5.41) is 10.1. The molecular weight excluding hydrogens is 494 g/mol. The number of carbonyl (C=O) groups is 3. The minimum absolute atomic E-state index is 0.0233. The first kappa shape index (κ1) is 27.5. The third-order valence-corrected chi connectivity index (χ3v) is 5.70. The van der Waals surface area contributed by atoms with Gasteiger partial charge in [0, 0.05) is 17.2 Å². The molecule has 3 rings (SSSR count). The molecule has 0 spiro atoms. The van der Waals surface area contributed by atoms with Gasteiger partial charge in [-0.3, -0.25) is 24.3 Å². The Kier molecular flexibility index (Phi) is 9.38. The number of ether oxygens (including phenoxy) is 1. The fourth-order valence-electron chi connectivity index (χ4n) is 3.27. The maximum absolute atomic E-state index is 14.4. The summed E-state index contributed by atoms with van der Waals surface area (Å²) in [5.41, 5.74) is 0.808. The molecule has 0 radical (unpaired) electrons. The van der Waals surface area contributed by atoms with Gasteiger partial charge < -0.3 is 19.6 Å². The Hall–Kier alpha value is -2.74. The van der Waals surface area contributed by atoms with E-state index in [-0.39, 0.29) is 16.5 Å².